The summed E-state index contributed by atoms with van der Waals surface area (Å²) in [6.07, 6.45) is 1.49. The van der Waals surface area contributed by atoms with Crippen molar-refractivity contribution in [3.8, 4) is 5.75 Å². The van der Waals surface area contributed by atoms with Crippen molar-refractivity contribution < 1.29 is 9.53 Å². The van der Waals surface area contributed by atoms with Crippen LogP contribution in [0.4, 0.5) is 5.69 Å². The number of anilines is 1. The van der Waals surface area contributed by atoms with Gasteiger partial charge in [-0.15, -0.1) is 0 Å². The van der Waals surface area contributed by atoms with Crippen molar-refractivity contribution in [1.82, 2.24) is 5.43 Å². The van der Waals surface area contributed by atoms with Gasteiger partial charge in [0.15, 0.2) is 0 Å². The average Bonchev–Trinajstić information content (AvgIpc) is 2.56. The Morgan fingerprint density at radius 2 is 1.91 bits per heavy atom. The van der Waals surface area contributed by atoms with E-state index in [1.807, 2.05) is 24.3 Å². The Morgan fingerprint density at radius 1 is 1.17 bits per heavy atom. The van der Waals surface area contributed by atoms with E-state index < -0.39 is 0 Å². The van der Waals surface area contributed by atoms with E-state index in [1.54, 1.807) is 25.3 Å². The summed E-state index contributed by atoms with van der Waals surface area (Å²) in [6.45, 7) is 0.102. The van der Waals surface area contributed by atoms with Gasteiger partial charge in [0.1, 0.15) is 5.75 Å². The second kappa shape index (κ2) is 8.41. The van der Waals surface area contributed by atoms with Crippen LogP contribution in [0.15, 0.2) is 47.6 Å². The lowest BCUT2D eigenvalue weighted by atomic mass is 10.2. The Morgan fingerprint density at radius 3 is 2.57 bits per heavy atom. The molecule has 0 fully saturated rings. The lowest BCUT2D eigenvalue weighted by Crippen LogP contribution is -2.25. The molecule has 0 saturated heterocycles. The van der Waals surface area contributed by atoms with E-state index in [0.717, 1.165) is 17.0 Å². The van der Waals surface area contributed by atoms with E-state index in [4.69, 9.17) is 27.9 Å². The number of hydrogen-bond acceptors (Lipinski definition) is 4. The maximum Gasteiger partial charge on any atom is 0.259 e. The maximum atomic E-state index is 11.7. The lowest BCUT2D eigenvalue weighted by molar-refractivity contribution is -0.119. The molecule has 0 aliphatic heterocycles. The molecule has 1 amide bonds. The highest BCUT2D eigenvalue weighted by molar-refractivity contribution is 6.42. The van der Waals surface area contributed by atoms with Gasteiger partial charge in [0.05, 0.1) is 29.9 Å². The molecule has 2 N–H and O–H groups in total. The predicted octanol–water partition coefficient (Wildman–Crippen LogP) is 3.56. The molecule has 2 aromatic carbocycles. The van der Waals surface area contributed by atoms with E-state index in [0.29, 0.717) is 10.0 Å². The second-order valence-electron chi connectivity index (χ2n) is 4.55. The number of methoxy groups -OCH3 is 1. The summed E-state index contributed by atoms with van der Waals surface area (Å²) in [5.41, 5.74) is 3.98. The zero-order valence-electron chi connectivity index (χ0n) is 12.3. The van der Waals surface area contributed by atoms with Crippen molar-refractivity contribution in [2.45, 2.75) is 0 Å². The van der Waals surface area contributed by atoms with E-state index in [-0.39, 0.29) is 12.5 Å². The lowest BCUT2D eigenvalue weighted by Gasteiger charge is -2.06. The summed E-state index contributed by atoms with van der Waals surface area (Å²) < 4.78 is 5.06. The second-order valence-corrected chi connectivity index (χ2v) is 5.36. The van der Waals surface area contributed by atoms with Gasteiger partial charge >= 0.3 is 0 Å². The Balaban J connectivity index is 1.79. The van der Waals surface area contributed by atoms with Crippen molar-refractivity contribution in [3.05, 3.63) is 58.1 Å². The number of hydrazone groups is 1. The summed E-state index contributed by atoms with van der Waals surface area (Å²) in [5.74, 6) is 0.489. The molecular formula is C16H15Cl2N3O2. The van der Waals surface area contributed by atoms with Crippen LogP contribution in [0, 0.1) is 0 Å². The van der Waals surface area contributed by atoms with Gasteiger partial charge in [0, 0.05) is 5.69 Å². The molecule has 0 heterocycles. The van der Waals surface area contributed by atoms with Crippen molar-refractivity contribution in [1.29, 1.82) is 0 Å². The Labute approximate surface area is 144 Å². The van der Waals surface area contributed by atoms with Crippen LogP contribution in [0.25, 0.3) is 0 Å². The fourth-order valence-corrected chi connectivity index (χ4v) is 2.01. The van der Waals surface area contributed by atoms with Crippen LogP contribution in [-0.2, 0) is 4.79 Å². The number of ether oxygens (including phenoxy) is 1. The molecule has 23 heavy (non-hydrogen) atoms. The van der Waals surface area contributed by atoms with E-state index >= 15 is 0 Å². The zero-order valence-corrected chi connectivity index (χ0v) is 13.9. The van der Waals surface area contributed by atoms with Gasteiger partial charge in [-0.25, -0.2) is 5.43 Å². The summed E-state index contributed by atoms with van der Waals surface area (Å²) in [4.78, 5) is 11.7. The van der Waals surface area contributed by atoms with Crippen LogP contribution < -0.4 is 15.5 Å². The Kier molecular flexibility index (Phi) is 6.26. The Hall–Kier alpha value is -2.24. The number of carbonyl (C=O) groups excluding carboxylic acids is 1. The smallest absolute Gasteiger partial charge is 0.259 e. The van der Waals surface area contributed by atoms with Gasteiger partial charge in [-0.05, 0) is 42.0 Å². The molecule has 120 valence electrons. The minimum atomic E-state index is -0.267. The summed E-state index contributed by atoms with van der Waals surface area (Å²) >= 11 is 11.7. The Bertz CT molecular complexity index is 703. The highest BCUT2D eigenvalue weighted by Gasteiger charge is 2.00. The van der Waals surface area contributed by atoms with Gasteiger partial charge in [-0.1, -0.05) is 29.3 Å². The summed E-state index contributed by atoms with van der Waals surface area (Å²) in [6, 6.07) is 12.3. The monoisotopic (exact) mass is 351 g/mol. The van der Waals surface area contributed by atoms with E-state index in [1.165, 1.54) is 6.21 Å². The normalized spacial score (nSPS) is 10.6. The number of halogens is 2. The molecule has 0 unspecified atom stereocenters. The van der Waals surface area contributed by atoms with Crippen LogP contribution in [-0.4, -0.2) is 25.8 Å². The number of hydrogen-bond donors (Lipinski definition) is 2. The number of nitrogens with one attached hydrogen (secondary N) is 2. The highest BCUT2D eigenvalue weighted by atomic mass is 35.5. The van der Waals surface area contributed by atoms with Gasteiger partial charge in [-0.2, -0.15) is 5.10 Å². The fourth-order valence-electron chi connectivity index (χ4n) is 1.70. The first-order valence-corrected chi connectivity index (χ1v) is 7.49. The molecule has 0 radical (unpaired) electrons. The van der Waals surface area contributed by atoms with Crippen molar-refractivity contribution >= 4 is 41.0 Å². The average molecular weight is 352 g/mol. The molecule has 5 nitrogen and oxygen atoms in total. The number of carbonyl (C=O) groups is 1. The van der Waals surface area contributed by atoms with Crippen LogP contribution in [0.3, 0.4) is 0 Å². The van der Waals surface area contributed by atoms with Crippen LogP contribution >= 0.6 is 23.2 Å². The molecule has 7 heteroatoms. The third-order valence-electron chi connectivity index (χ3n) is 2.89. The largest absolute Gasteiger partial charge is 0.497 e. The van der Waals surface area contributed by atoms with Gasteiger partial charge in [-0.3, -0.25) is 4.79 Å². The number of benzene rings is 2. The topological polar surface area (TPSA) is 62.7 Å². The molecule has 0 spiro atoms. The molecular weight excluding hydrogens is 337 g/mol. The third-order valence-corrected chi connectivity index (χ3v) is 3.63. The minimum Gasteiger partial charge on any atom is -0.497 e. The highest BCUT2D eigenvalue weighted by Crippen LogP contribution is 2.21. The predicted molar refractivity (Wildman–Crippen MR) is 93.7 cm³/mol. The van der Waals surface area contributed by atoms with Crippen molar-refractivity contribution in [3.63, 3.8) is 0 Å². The van der Waals surface area contributed by atoms with E-state index in [2.05, 4.69) is 15.8 Å². The molecule has 0 saturated carbocycles. The first-order chi connectivity index (χ1) is 11.1. The molecule has 2 aromatic rings. The first-order valence-electron chi connectivity index (χ1n) is 6.73. The van der Waals surface area contributed by atoms with Gasteiger partial charge < -0.3 is 10.1 Å². The number of rotatable bonds is 6. The van der Waals surface area contributed by atoms with Crippen molar-refractivity contribution in [2.75, 3.05) is 19.0 Å². The quantitative estimate of drug-likeness (QED) is 0.617. The molecule has 0 aliphatic carbocycles. The third kappa shape index (κ3) is 5.47. The fraction of sp³-hybridized carbons (Fsp3) is 0.125. The zero-order chi connectivity index (χ0) is 16.7. The van der Waals surface area contributed by atoms with Gasteiger partial charge in [0.25, 0.3) is 5.91 Å². The molecule has 0 bridgehead atoms. The molecule has 0 atom stereocenters. The summed E-state index contributed by atoms with van der Waals surface area (Å²) in [7, 11) is 1.60. The molecule has 2 rings (SSSR count). The minimum absolute atomic E-state index is 0.102. The van der Waals surface area contributed by atoms with Crippen LogP contribution in [0.1, 0.15) is 5.56 Å². The molecule has 0 aromatic heterocycles. The standard InChI is InChI=1S/C16H15Cl2N3O2/c1-23-13-5-3-12(4-6-13)19-10-16(22)21-20-9-11-2-7-14(17)15(18)8-11/h2-9,19H,10H2,1H3,(H,21,22)/b20-9-. The first kappa shape index (κ1) is 17.1. The maximum absolute atomic E-state index is 11.7. The number of nitrogens with zero attached hydrogens (tertiary/aromatic N) is 1. The van der Waals surface area contributed by atoms with E-state index in [9.17, 15) is 4.79 Å². The van der Waals surface area contributed by atoms with Crippen molar-refractivity contribution in [2.24, 2.45) is 5.10 Å². The van der Waals surface area contributed by atoms with Crippen LogP contribution in [0.5, 0.6) is 5.75 Å². The van der Waals surface area contributed by atoms with Crippen LogP contribution in [0.2, 0.25) is 10.0 Å². The SMILES string of the molecule is COc1ccc(NCC(=O)N/N=C\c2ccc(Cl)c(Cl)c2)cc1. The molecule has 0 aliphatic rings. The van der Waals surface area contributed by atoms with Gasteiger partial charge in [0.2, 0.25) is 0 Å². The summed E-state index contributed by atoms with van der Waals surface area (Å²) in [5, 5.41) is 7.75. The number of amides is 1.